The van der Waals surface area contributed by atoms with E-state index in [4.69, 9.17) is 15.0 Å². The van der Waals surface area contributed by atoms with Crippen molar-refractivity contribution in [2.24, 2.45) is 5.73 Å². The summed E-state index contributed by atoms with van der Waals surface area (Å²) in [7, 11) is 0. The van der Waals surface area contributed by atoms with Crippen molar-refractivity contribution in [2.45, 2.75) is 0 Å². The quantitative estimate of drug-likeness (QED) is 0.781. The topological polar surface area (TPSA) is 91.2 Å². The fraction of sp³-hybridized carbons (Fsp3) is 0.0625. The Balaban J connectivity index is 1.84. The SMILES string of the molecule is NC(=O)COc1cccc(-c2nc(-c3ccc(F)cc3)no2)c1. The van der Waals surface area contributed by atoms with Gasteiger partial charge in [-0.3, -0.25) is 4.79 Å². The Morgan fingerprint density at radius 2 is 1.96 bits per heavy atom. The van der Waals surface area contributed by atoms with E-state index in [1.807, 2.05) is 0 Å². The molecule has 0 spiro atoms. The highest BCUT2D eigenvalue weighted by atomic mass is 19.1. The molecule has 0 aliphatic heterocycles. The molecule has 0 aliphatic carbocycles. The fourth-order valence-electron chi connectivity index (χ4n) is 1.93. The summed E-state index contributed by atoms with van der Waals surface area (Å²) in [5, 5.41) is 3.87. The average Bonchev–Trinajstić information content (AvgIpc) is 3.04. The third kappa shape index (κ3) is 3.52. The molecular formula is C16H12FN3O3. The lowest BCUT2D eigenvalue weighted by Crippen LogP contribution is -2.19. The van der Waals surface area contributed by atoms with Crippen LogP contribution in [0.4, 0.5) is 4.39 Å². The molecule has 0 saturated carbocycles. The van der Waals surface area contributed by atoms with E-state index in [0.717, 1.165) is 0 Å². The third-order valence-corrected chi connectivity index (χ3v) is 2.99. The summed E-state index contributed by atoms with van der Waals surface area (Å²) in [4.78, 5) is 15.0. The first-order chi connectivity index (χ1) is 11.1. The van der Waals surface area contributed by atoms with Crippen molar-refractivity contribution in [3.8, 4) is 28.6 Å². The van der Waals surface area contributed by atoms with Gasteiger partial charge in [0.1, 0.15) is 11.6 Å². The summed E-state index contributed by atoms with van der Waals surface area (Å²) in [5.41, 5.74) is 6.31. The number of hydrogen-bond donors (Lipinski definition) is 1. The third-order valence-electron chi connectivity index (χ3n) is 2.99. The van der Waals surface area contributed by atoms with Crippen LogP contribution in [0, 0.1) is 5.82 Å². The van der Waals surface area contributed by atoms with E-state index in [2.05, 4.69) is 10.1 Å². The van der Waals surface area contributed by atoms with Gasteiger partial charge in [-0.15, -0.1) is 0 Å². The highest BCUT2D eigenvalue weighted by Gasteiger charge is 2.11. The monoisotopic (exact) mass is 313 g/mol. The first kappa shape index (κ1) is 14.7. The van der Waals surface area contributed by atoms with Crippen LogP contribution in [-0.2, 0) is 4.79 Å². The maximum absolute atomic E-state index is 12.9. The molecule has 1 amide bonds. The van der Waals surface area contributed by atoms with Crippen molar-refractivity contribution in [1.82, 2.24) is 10.1 Å². The fourth-order valence-corrected chi connectivity index (χ4v) is 1.93. The van der Waals surface area contributed by atoms with Crippen LogP contribution in [-0.4, -0.2) is 22.7 Å². The highest BCUT2D eigenvalue weighted by molar-refractivity contribution is 5.75. The van der Waals surface area contributed by atoms with Gasteiger partial charge in [-0.25, -0.2) is 4.39 Å². The summed E-state index contributed by atoms with van der Waals surface area (Å²) < 4.78 is 23.4. The number of carbonyl (C=O) groups is 1. The molecule has 0 aliphatic rings. The van der Waals surface area contributed by atoms with Crippen molar-refractivity contribution in [2.75, 3.05) is 6.61 Å². The Kier molecular flexibility index (Phi) is 4.01. The summed E-state index contributed by atoms with van der Waals surface area (Å²) in [5.74, 6) is 0.198. The van der Waals surface area contributed by atoms with Crippen LogP contribution in [0.1, 0.15) is 0 Å². The Hall–Kier alpha value is -3.22. The van der Waals surface area contributed by atoms with Gasteiger partial charge in [-0.1, -0.05) is 11.2 Å². The number of halogens is 1. The lowest BCUT2D eigenvalue weighted by atomic mass is 10.2. The second kappa shape index (κ2) is 6.27. The first-order valence-corrected chi connectivity index (χ1v) is 6.73. The normalized spacial score (nSPS) is 10.5. The minimum Gasteiger partial charge on any atom is -0.484 e. The van der Waals surface area contributed by atoms with E-state index in [9.17, 15) is 9.18 Å². The Bertz CT molecular complexity index is 831. The number of nitrogens with two attached hydrogens (primary N) is 1. The van der Waals surface area contributed by atoms with Gasteiger partial charge in [0.15, 0.2) is 6.61 Å². The van der Waals surface area contributed by atoms with Crippen LogP contribution in [0.2, 0.25) is 0 Å². The summed E-state index contributed by atoms with van der Waals surface area (Å²) >= 11 is 0. The Labute approximate surface area is 130 Å². The van der Waals surface area contributed by atoms with Gasteiger partial charge in [-0.05, 0) is 42.5 Å². The molecule has 0 radical (unpaired) electrons. The average molecular weight is 313 g/mol. The second-order valence-electron chi connectivity index (χ2n) is 4.71. The number of primary amides is 1. The highest BCUT2D eigenvalue weighted by Crippen LogP contribution is 2.25. The molecule has 1 heterocycles. The van der Waals surface area contributed by atoms with E-state index in [-0.39, 0.29) is 18.3 Å². The molecule has 2 N–H and O–H groups in total. The molecule has 6 nitrogen and oxygen atoms in total. The maximum Gasteiger partial charge on any atom is 0.258 e. The van der Waals surface area contributed by atoms with Gasteiger partial charge < -0.3 is 15.0 Å². The van der Waals surface area contributed by atoms with E-state index in [1.165, 1.54) is 12.1 Å². The molecule has 0 saturated heterocycles. The molecular weight excluding hydrogens is 301 g/mol. The van der Waals surface area contributed by atoms with E-state index >= 15 is 0 Å². The molecule has 2 aromatic carbocycles. The molecule has 7 heteroatoms. The standard InChI is InChI=1S/C16H12FN3O3/c17-12-6-4-10(5-7-12)15-19-16(23-20-15)11-2-1-3-13(8-11)22-9-14(18)21/h1-8H,9H2,(H2,18,21). The summed E-state index contributed by atoms with van der Waals surface area (Å²) in [6.07, 6.45) is 0. The summed E-state index contributed by atoms with van der Waals surface area (Å²) in [6, 6.07) is 12.6. The van der Waals surface area contributed by atoms with Crippen LogP contribution in [0.3, 0.4) is 0 Å². The smallest absolute Gasteiger partial charge is 0.258 e. The van der Waals surface area contributed by atoms with Crippen molar-refractivity contribution >= 4 is 5.91 Å². The molecule has 0 unspecified atom stereocenters. The van der Waals surface area contributed by atoms with Gasteiger partial charge in [0.25, 0.3) is 11.8 Å². The number of rotatable bonds is 5. The molecule has 0 bridgehead atoms. The predicted octanol–water partition coefficient (Wildman–Crippen LogP) is 2.41. The predicted molar refractivity (Wildman–Crippen MR) is 79.8 cm³/mol. The van der Waals surface area contributed by atoms with Crippen LogP contribution >= 0.6 is 0 Å². The van der Waals surface area contributed by atoms with Crippen molar-refractivity contribution < 1.29 is 18.4 Å². The summed E-state index contributed by atoms with van der Waals surface area (Å²) in [6.45, 7) is -0.214. The number of ether oxygens (including phenoxy) is 1. The molecule has 0 atom stereocenters. The van der Waals surface area contributed by atoms with Gasteiger partial charge in [0.05, 0.1) is 0 Å². The first-order valence-electron chi connectivity index (χ1n) is 6.73. The van der Waals surface area contributed by atoms with Crippen LogP contribution < -0.4 is 10.5 Å². The van der Waals surface area contributed by atoms with Crippen molar-refractivity contribution in [1.29, 1.82) is 0 Å². The van der Waals surface area contributed by atoms with Gasteiger partial charge in [-0.2, -0.15) is 4.98 Å². The minimum atomic E-state index is -0.563. The zero-order valence-electron chi connectivity index (χ0n) is 11.9. The minimum absolute atomic E-state index is 0.214. The molecule has 116 valence electrons. The largest absolute Gasteiger partial charge is 0.484 e. The van der Waals surface area contributed by atoms with Crippen LogP contribution in [0.25, 0.3) is 22.8 Å². The molecule has 3 rings (SSSR count). The van der Waals surface area contributed by atoms with Gasteiger partial charge >= 0.3 is 0 Å². The second-order valence-corrected chi connectivity index (χ2v) is 4.71. The van der Waals surface area contributed by atoms with Crippen LogP contribution in [0.5, 0.6) is 5.75 Å². The van der Waals surface area contributed by atoms with E-state index < -0.39 is 5.91 Å². The lowest BCUT2D eigenvalue weighted by molar-refractivity contribution is -0.119. The van der Waals surface area contributed by atoms with Gasteiger partial charge in [0.2, 0.25) is 5.82 Å². The van der Waals surface area contributed by atoms with E-state index in [1.54, 1.807) is 36.4 Å². The molecule has 3 aromatic rings. The number of aromatic nitrogens is 2. The maximum atomic E-state index is 12.9. The van der Waals surface area contributed by atoms with Crippen molar-refractivity contribution in [3.05, 3.63) is 54.3 Å². The Morgan fingerprint density at radius 3 is 2.70 bits per heavy atom. The van der Waals surface area contributed by atoms with E-state index in [0.29, 0.717) is 22.7 Å². The lowest BCUT2D eigenvalue weighted by Gasteiger charge is -2.03. The Morgan fingerprint density at radius 1 is 1.17 bits per heavy atom. The van der Waals surface area contributed by atoms with Gasteiger partial charge in [0, 0.05) is 11.1 Å². The number of carbonyl (C=O) groups excluding carboxylic acids is 1. The molecule has 23 heavy (non-hydrogen) atoms. The molecule has 1 aromatic heterocycles. The molecule has 0 fully saturated rings. The van der Waals surface area contributed by atoms with Crippen molar-refractivity contribution in [3.63, 3.8) is 0 Å². The zero-order chi connectivity index (χ0) is 16.2. The number of nitrogens with zero attached hydrogens (tertiary/aromatic N) is 2. The zero-order valence-corrected chi connectivity index (χ0v) is 11.9. The van der Waals surface area contributed by atoms with Crippen LogP contribution in [0.15, 0.2) is 53.1 Å². The number of amides is 1. The number of hydrogen-bond acceptors (Lipinski definition) is 5. The number of benzene rings is 2.